The minimum Gasteiger partial charge on any atom is -0.382 e. The summed E-state index contributed by atoms with van der Waals surface area (Å²) in [4.78, 5) is 0. The molecule has 1 aromatic carbocycles. The van der Waals surface area contributed by atoms with E-state index in [4.69, 9.17) is 5.73 Å². The molecule has 0 aliphatic rings. The van der Waals surface area contributed by atoms with Crippen LogP contribution in [0.3, 0.4) is 0 Å². The fourth-order valence-corrected chi connectivity index (χ4v) is 2.14. The number of nitrogens with one attached hydrogen (secondary N) is 1. The molecule has 1 heterocycles. The van der Waals surface area contributed by atoms with Gasteiger partial charge in [0, 0.05) is 14.7 Å². The Labute approximate surface area is 102 Å². The lowest BCUT2D eigenvalue weighted by Crippen LogP contribution is -1.89. The van der Waals surface area contributed by atoms with E-state index in [0.717, 1.165) is 16.8 Å². The summed E-state index contributed by atoms with van der Waals surface area (Å²) < 4.78 is 1.24. The molecule has 0 aliphatic heterocycles. The maximum absolute atomic E-state index is 5.72. The van der Waals surface area contributed by atoms with Crippen LogP contribution >= 0.6 is 22.6 Å². The molecule has 2 aromatic rings. The SMILES string of the molecule is Cc1cccc(-c2[nH]nc(N)c2C)c1I. The van der Waals surface area contributed by atoms with Gasteiger partial charge in [0.2, 0.25) is 0 Å². The van der Waals surface area contributed by atoms with Crippen molar-refractivity contribution in [3.05, 3.63) is 32.9 Å². The first-order valence-corrected chi connectivity index (χ1v) is 5.75. The third kappa shape index (κ3) is 1.73. The van der Waals surface area contributed by atoms with E-state index >= 15 is 0 Å². The lowest BCUT2D eigenvalue weighted by atomic mass is 10.1. The van der Waals surface area contributed by atoms with Crippen molar-refractivity contribution in [3.8, 4) is 11.3 Å². The number of aromatic amines is 1. The van der Waals surface area contributed by atoms with Gasteiger partial charge in [-0.1, -0.05) is 18.2 Å². The van der Waals surface area contributed by atoms with Crippen LogP contribution in [0, 0.1) is 17.4 Å². The third-order valence-corrected chi connectivity index (χ3v) is 3.94. The largest absolute Gasteiger partial charge is 0.382 e. The Morgan fingerprint density at radius 2 is 2.07 bits per heavy atom. The molecular formula is C11H12IN3. The Bertz CT molecular complexity index is 503. The highest BCUT2D eigenvalue weighted by Gasteiger charge is 2.11. The third-order valence-electron chi connectivity index (χ3n) is 2.51. The lowest BCUT2D eigenvalue weighted by molar-refractivity contribution is 1.10. The number of aryl methyl sites for hydroxylation is 1. The number of rotatable bonds is 1. The Morgan fingerprint density at radius 1 is 1.33 bits per heavy atom. The first-order chi connectivity index (χ1) is 7.11. The molecule has 0 atom stereocenters. The summed E-state index contributed by atoms with van der Waals surface area (Å²) in [7, 11) is 0. The molecule has 0 unspecified atom stereocenters. The Balaban J connectivity index is 2.64. The highest BCUT2D eigenvalue weighted by molar-refractivity contribution is 14.1. The average molecular weight is 313 g/mol. The van der Waals surface area contributed by atoms with Crippen LogP contribution in [0.15, 0.2) is 18.2 Å². The summed E-state index contributed by atoms with van der Waals surface area (Å²) in [5.41, 5.74) is 10.2. The van der Waals surface area contributed by atoms with Gasteiger partial charge in [0.05, 0.1) is 5.69 Å². The van der Waals surface area contributed by atoms with Crippen molar-refractivity contribution in [2.75, 3.05) is 5.73 Å². The van der Waals surface area contributed by atoms with E-state index in [9.17, 15) is 0 Å². The van der Waals surface area contributed by atoms with E-state index in [0.29, 0.717) is 5.82 Å². The number of H-pyrrole nitrogens is 1. The van der Waals surface area contributed by atoms with Gasteiger partial charge in [-0.3, -0.25) is 5.10 Å². The molecule has 0 radical (unpaired) electrons. The van der Waals surface area contributed by atoms with Crippen LogP contribution in [0.2, 0.25) is 0 Å². The van der Waals surface area contributed by atoms with Gasteiger partial charge in [-0.25, -0.2) is 0 Å². The van der Waals surface area contributed by atoms with Crippen LogP contribution in [0.5, 0.6) is 0 Å². The van der Waals surface area contributed by atoms with Gasteiger partial charge in [-0.15, -0.1) is 0 Å². The molecule has 0 bridgehead atoms. The molecule has 15 heavy (non-hydrogen) atoms. The lowest BCUT2D eigenvalue weighted by Gasteiger charge is -2.05. The minimum absolute atomic E-state index is 0.572. The van der Waals surface area contributed by atoms with Crippen LogP contribution < -0.4 is 5.73 Å². The van der Waals surface area contributed by atoms with E-state index in [2.05, 4.69) is 51.8 Å². The number of nitrogens with two attached hydrogens (primary N) is 1. The van der Waals surface area contributed by atoms with Gasteiger partial charge in [0.25, 0.3) is 0 Å². The zero-order valence-electron chi connectivity index (χ0n) is 8.63. The first-order valence-electron chi connectivity index (χ1n) is 4.67. The van der Waals surface area contributed by atoms with Gasteiger partial charge in [-0.05, 0) is 42.0 Å². The number of hydrogen-bond acceptors (Lipinski definition) is 2. The van der Waals surface area contributed by atoms with Crippen molar-refractivity contribution in [2.45, 2.75) is 13.8 Å². The Morgan fingerprint density at radius 3 is 2.67 bits per heavy atom. The summed E-state index contributed by atoms with van der Waals surface area (Å²) in [6.45, 7) is 4.08. The van der Waals surface area contributed by atoms with E-state index in [1.807, 2.05) is 13.0 Å². The van der Waals surface area contributed by atoms with Crippen LogP contribution in [-0.2, 0) is 0 Å². The minimum atomic E-state index is 0.572. The first kappa shape index (κ1) is 10.5. The molecule has 1 aromatic heterocycles. The van der Waals surface area contributed by atoms with Crippen LogP contribution in [0.4, 0.5) is 5.82 Å². The number of hydrogen-bond donors (Lipinski definition) is 2. The normalized spacial score (nSPS) is 10.6. The van der Waals surface area contributed by atoms with Crippen molar-refractivity contribution in [2.24, 2.45) is 0 Å². The van der Waals surface area contributed by atoms with E-state index < -0.39 is 0 Å². The summed E-state index contributed by atoms with van der Waals surface area (Å²) in [6.07, 6.45) is 0. The molecule has 0 saturated carbocycles. The van der Waals surface area contributed by atoms with Crippen LogP contribution in [-0.4, -0.2) is 10.2 Å². The van der Waals surface area contributed by atoms with Crippen molar-refractivity contribution >= 4 is 28.4 Å². The van der Waals surface area contributed by atoms with Gasteiger partial charge >= 0.3 is 0 Å². The number of nitrogens with zero attached hydrogens (tertiary/aromatic N) is 1. The monoisotopic (exact) mass is 313 g/mol. The quantitative estimate of drug-likeness (QED) is 0.796. The molecule has 2 rings (SSSR count). The predicted octanol–water partition coefficient (Wildman–Crippen LogP) is 2.88. The van der Waals surface area contributed by atoms with Crippen molar-refractivity contribution < 1.29 is 0 Å². The highest BCUT2D eigenvalue weighted by atomic mass is 127. The number of benzene rings is 1. The van der Waals surface area contributed by atoms with Crippen LogP contribution in [0.25, 0.3) is 11.3 Å². The van der Waals surface area contributed by atoms with Gasteiger partial charge in [-0.2, -0.15) is 5.10 Å². The predicted molar refractivity (Wildman–Crippen MR) is 70.6 cm³/mol. The maximum Gasteiger partial charge on any atom is 0.148 e. The smallest absolute Gasteiger partial charge is 0.148 e. The van der Waals surface area contributed by atoms with E-state index in [1.165, 1.54) is 9.13 Å². The molecule has 0 fully saturated rings. The molecule has 0 aliphatic carbocycles. The molecule has 0 spiro atoms. The highest BCUT2D eigenvalue weighted by Crippen LogP contribution is 2.29. The van der Waals surface area contributed by atoms with E-state index in [-0.39, 0.29) is 0 Å². The van der Waals surface area contributed by atoms with E-state index in [1.54, 1.807) is 0 Å². The number of nitrogen functional groups attached to an aromatic ring is 1. The molecular weight excluding hydrogens is 301 g/mol. The number of aromatic nitrogens is 2. The summed E-state index contributed by atoms with van der Waals surface area (Å²) in [5.74, 6) is 0.572. The maximum atomic E-state index is 5.72. The fourth-order valence-electron chi connectivity index (χ4n) is 1.51. The molecule has 0 saturated heterocycles. The average Bonchev–Trinajstić information content (AvgIpc) is 2.53. The summed E-state index contributed by atoms with van der Waals surface area (Å²) in [5, 5.41) is 6.99. The van der Waals surface area contributed by atoms with Crippen molar-refractivity contribution in [1.82, 2.24) is 10.2 Å². The van der Waals surface area contributed by atoms with Gasteiger partial charge in [0.1, 0.15) is 5.82 Å². The molecule has 3 nitrogen and oxygen atoms in total. The second kappa shape index (κ2) is 3.84. The number of anilines is 1. The van der Waals surface area contributed by atoms with Crippen LogP contribution in [0.1, 0.15) is 11.1 Å². The fraction of sp³-hybridized carbons (Fsp3) is 0.182. The second-order valence-corrected chi connectivity index (χ2v) is 4.62. The Hall–Kier alpha value is -1.04. The zero-order chi connectivity index (χ0) is 11.0. The molecule has 78 valence electrons. The molecule has 0 amide bonds. The zero-order valence-corrected chi connectivity index (χ0v) is 10.8. The van der Waals surface area contributed by atoms with Gasteiger partial charge < -0.3 is 5.73 Å². The topological polar surface area (TPSA) is 54.7 Å². The second-order valence-electron chi connectivity index (χ2n) is 3.55. The molecule has 4 heteroatoms. The molecule has 3 N–H and O–H groups in total. The Kier molecular flexibility index (Phi) is 2.68. The van der Waals surface area contributed by atoms with Crippen molar-refractivity contribution in [3.63, 3.8) is 0 Å². The standard InChI is InChI=1S/C11H12IN3/c1-6-4-3-5-8(9(6)12)10-7(2)11(13)15-14-10/h3-5H,1-2H3,(H3,13,14,15). The van der Waals surface area contributed by atoms with Gasteiger partial charge in [0.15, 0.2) is 0 Å². The summed E-state index contributed by atoms with van der Waals surface area (Å²) in [6, 6.07) is 6.22. The summed E-state index contributed by atoms with van der Waals surface area (Å²) >= 11 is 2.35. The number of halogens is 1. The van der Waals surface area contributed by atoms with Crippen molar-refractivity contribution in [1.29, 1.82) is 0 Å².